The number of carboxylic acids is 1. The molecule has 1 fully saturated rings. The summed E-state index contributed by atoms with van der Waals surface area (Å²) in [4.78, 5) is 10.9. The normalized spacial score (nSPS) is 20.1. The SMILES string of the molecule is O=C(O)c1ccc2c(c1)nnn2C1CCCSC1. The molecule has 0 spiro atoms. The van der Waals surface area contributed by atoms with Gasteiger partial charge in [-0.05, 0) is 36.8 Å². The van der Waals surface area contributed by atoms with Gasteiger partial charge in [0.15, 0.2) is 0 Å². The van der Waals surface area contributed by atoms with Crippen LogP contribution in [-0.4, -0.2) is 37.6 Å². The molecule has 94 valence electrons. The fourth-order valence-electron chi connectivity index (χ4n) is 2.26. The number of carboxylic acid groups (broad SMARTS) is 1. The van der Waals surface area contributed by atoms with Crippen LogP contribution in [0.1, 0.15) is 29.2 Å². The van der Waals surface area contributed by atoms with Gasteiger partial charge in [0.25, 0.3) is 0 Å². The second kappa shape index (κ2) is 4.61. The number of rotatable bonds is 2. The Hall–Kier alpha value is -1.56. The van der Waals surface area contributed by atoms with E-state index in [0.717, 1.165) is 17.7 Å². The number of thioether (sulfide) groups is 1. The Morgan fingerprint density at radius 3 is 3.11 bits per heavy atom. The third kappa shape index (κ3) is 1.96. The van der Waals surface area contributed by atoms with Gasteiger partial charge in [0.2, 0.25) is 0 Å². The minimum Gasteiger partial charge on any atom is -0.478 e. The molecule has 0 radical (unpaired) electrons. The lowest BCUT2D eigenvalue weighted by molar-refractivity contribution is 0.0697. The first kappa shape index (κ1) is 11.5. The molecule has 0 amide bonds. The van der Waals surface area contributed by atoms with Crippen LogP contribution in [0.25, 0.3) is 11.0 Å². The third-order valence-electron chi connectivity index (χ3n) is 3.20. The maximum atomic E-state index is 10.9. The van der Waals surface area contributed by atoms with Crippen molar-refractivity contribution in [1.29, 1.82) is 0 Å². The molecule has 1 aliphatic rings. The summed E-state index contributed by atoms with van der Waals surface area (Å²) < 4.78 is 1.94. The average molecular weight is 263 g/mol. The molecule has 1 aromatic carbocycles. The van der Waals surface area contributed by atoms with E-state index in [1.54, 1.807) is 18.2 Å². The van der Waals surface area contributed by atoms with E-state index in [1.807, 2.05) is 16.4 Å². The second-order valence-corrected chi connectivity index (χ2v) is 5.56. The molecule has 0 aliphatic carbocycles. The zero-order valence-corrected chi connectivity index (χ0v) is 10.6. The van der Waals surface area contributed by atoms with Crippen LogP contribution < -0.4 is 0 Å². The Morgan fingerprint density at radius 2 is 2.39 bits per heavy atom. The molecule has 3 rings (SSSR count). The molecule has 18 heavy (non-hydrogen) atoms. The van der Waals surface area contributed by atoms with Gasteiger partial charge in [0.05, 0.1) is 17.1 Å². The molecule has 1 saturated heterocycles. The molecular weight excluding hydrogens is 250 g/mol. The van der Waals surface area contributed by atoms with Crippen molar-refractivity contribution in [3.05, 3.63) is 23.8 Å². The summed E-state index contributed by atoms with van der Waals surface area (Å²) in [5, 5.41) is 17.2. The highest BCUT2D eigenvalue weighted by Crippen LogP contribution is 2.28. The summed E-state index contributed by atoms with van der Waals surface area (Å²) in [6.07, 6.45) is 2.32. The molecule has 2 heterocycles. The van der Waals surface area contributed by atoms with E-state index < -0.39 is 5.97 Å². The van der Waals surface area contributed by atoms with Crippen molar-refractivity contribution >= 4 is 28.8 Å². The topological polar surface area (TPSA) is 68.0 Å². The van der Waals surface area contributed by atoms with Gasteiger partial charge in [0, 0.05) is 5.75 Å². The lowest BCUT2D eigenvalue weighted by atomic mass is 10.1. The maximum Gasteiger partial charge on any atom is 0.335 e. The van der Waals surface area contributed by atoms with Crippen molar-refractivity contribution in [2.45, 2.75) is 18.9 Å². The molecular formula is C12H13N3O2S. The molecule has 1 aromatic heterocycles. The smallest absolute Gasteiger partial charge is 0.335 e. The predicted molar refractivity (Wildman–Crippen MR) is 70.1 cm³/mol. The number of fused-ring (bicyclic) bond motifs is 1. The first-order valence-electron chi connectivity index (χ1n) is 5.92. The number of hydrogen-bond donors (Lipinski definition) is 1. The van der Waals surface area contributed by atoms with Crippen LogP contribution in [0.3, 0.4) is 0 Å². The second-order valence-electron chi connectivity index (χ2n) is 4.41. The van der Waals surface area contributed by atoms with Crippen LogP contribution in [0.2, 0.25) is 0 Å². The third-order valence-corrected chi connectivity index (χ3v) is 4.40. The highest BCUT2D eigenvalue weighted by molar-refractivity contribution is 7.99. The van der Waals surface area contributed by atoms with Crippen LogP contribution in [0.15, 0.2) is 18.2 Å². The first-order valence-corrected chi connectivity index (χ1v) is 7.07. The number of benzene rings is 1. The average Bonchev–Trinajstić information content (AvgIpc) is 2.82. The maximum absolute atomic E-state index is 10.9. The molecule has 5 nitrogen and oxygen atoms in total. The monoisotopic (exact) mass is 263 g/mol. The zero-order valence-electron chi connectivity index (χ0n) is 9.74. The summed E-state index contributed by atoms with van der Waals surface area (Å²) >= 11 is 1.94. The predicted octanol–water partition coefficient (Wildman–Crippen LogP) is 2.20. The minimum atomic E-state index is -0.931. The summed E-state index contributed by atoms with van der Waals surface area (Å²) in [6.45, 7) is 0. The van der Waals surface area contributed by atoms with Gasteiger partial charge in [-0.2, -0.15) is 11.8 Å². The van der Waals surface area contributed by atoms with Gasteiger partial charge in [-0.15, -0.1) is 5.10 Å². The molecule has 0 saturated carbocycles. The van der Waals surface area contributed by atoms with Crippen LogP contribution >= 0.6 is 11.8 Å². The van der Waals surface area contributed by atoms with Crippen molar-refractivity contribution in [3.63, 3.8) is 0 Å². The van der Waals surface area contributed by atoms with E-state index in [0.29, 0.717) is 11.6 Å². The van der Waals surface area contributed by atoms with E-state index in [1.165, 1.54) is 12.2 Å². The van der Waals surface area contributed by atoms with Crippen LogP contribution in [0.4, 0.5) is 0 Å². The van der Waals surface area contributed by atoms with Gasteiger partial charge >= 0.3 is 5.97 Å². The highest BCUT2D eigenvalue weighted by atomic mass is 32.2. The van der Waals surface area contributed by atoms with Crippen molar-refractivity contribution in [3.8, 4) is 0 Å². The Morgan fingerprint density at radius 1 is 1.50 bits per heavy atom. The molecule has 0 bridgehead atoms. The number of aromatic carboxylic acids is 1. The first-order chi connectivity index (χ1) is 8.75. The quantitative estimate of drug-likeness (QED) is 0.899. The fourth-order valence-corrected chi connectivity index (χ4v) is 3.38. The highest BCUT2D eigenvalue weighted by Gasteiger charge is 2.19. The van der Waals surface area contributed by atoms with E-state index in [9.17, 15) is 4.79 Å². The van der Waals surface area contributed by atoms with Crippen LogP contribution in [0, 0.1) is 0 Å². The van der Waals surface area contributed by atoms with Gasteiger partial charge in [-0.3, -0.25) is 0 Å². The fraction of sp³-hybridized carbons (Fsp3) is 0.417. The Balaban J connectivity index is 2.01. The number of nitrogens with zero attached hydrogens (tertiary/aromatic N) is 3. The minimum absolute atomic E-state index is 0.257. The molecule has 1 unspecified atom stereocenters. The lowest BCUT2D eigenvalue weighted by Crippen LogP contribution is -2.17. The van der Waals surface area contributed by atoms with Crippen LogP contribution in [0.5, 0.6) is 0 Å². The van der Waals surface area contributed by atoms with Gasteiger partial charge in [-0.1, -0.05) is 5.21 Å². The van der Waals surface area contributed by atoms with E-state index in [-0.39, 0.29) is 5.56 Å². The molecule has 1 N–H and O–H groups in total. The molecule has 1 aliphatic heterocycles. The Kier molecular flexibility index (Phi) is 2.95. The van der Waals surface area contributed by atoms with E-state index in [2.05, 4.69) is 10.3 Å². The Labute approximate surface area is 108 Å². The number of aromatic nitrogens is 3. The van der Waals surface area contributed by atoms with Crippen molar-refractivity contribution in [2.24, 2.45) is 0 Å². The standard InChI is InChI=1S/C12H13N3O2S/c16-12(17)8-3-4-11-10(6-8)13-14-15(11)9-2-1-5-18-7-9/h3-4,6,9H,1-2,5,7H2,(H,16,17). The number of carbonyl (C=O) groups is 1. The van der Waals surface area contributed by atoms with Crippen LogP contribution in [-0.2, 0) is 0 Å². The molecule has 6 heteroatoms. The summed E-state index contributed by atoms with van der Waals surface area (Å²) in [5.41, 5.74) is 1.84. The van der Waals surface area contributed by atoms with E-state index >= 15 is 0 Å². The largest absolute Gasteiger partial charge is 0.478 e. The lowest BCUT2D eigenvalue weighted by Gasteiger charge is -2.21. The molecule has 2 aromatic rings. The summed E-state index contributed by atoms with van der Waals surface area (Å²) in [7, 11) is 0. The van der Waals surface area contributed by atoms with Crippen molar-refractivity contribution in [1.82, 2.24) is 15.0 Å². The van der Waals surface area contributed by atoms with Gasteiger partial charge in [-0.25, -0.2) is 9.48 Å². The summed E-state index contributed by atoms with van der Waals surface area (Å²) in [5.74, 6) is 1.34. The van der Waals surface area contributed by atoms with Gasteiger partial charge < -0.3 is 5.11 Å². The van der Waals surface area contributed by atoms with E-state index in [4.69, 9.17) is 5.11 Å². The van der Waals surface area contributed by atoms with Crippen molar-refractivity contribution < 1.29 is 9.90 Å². The summed E-state index contributed by atoms with van der Waals surface area (Å²) in [6, 6.07) is 5.37. The zero-order chi connectivity index (χ0) is 12.5. The van der Waals surface area contributed by atoms with Gasteiger partial charge in [0.1, 0.15) is 5.52 Å². The van der Waals surface area contributed by atoms with Crippen molar-refractivity contribution in [2.75, 3.05) is 11.5 Å². The number of hydrogen-bond acceptors (Lipinski definition) is 4. The molecule has 1 atom stereocenters. The Bertz CT molecular complexity index is 590.